The lowest BCUT2D eigenvalue weighted by atomic mass is 9.94. The molecule has 0 amide bonds. The van der Waals surface area contributed by atoms with Crippen molar-refractivity contribution in [2.75, 3.05) is 0 Å². The molecule has 1 fully saturated rings. The van der Waals surface area contributed by atoms with Crippen LogP contribution >= 0.6 is 15.9 Å². The minimum atomic E-state index is 0.473. The zero-order valence-corrected chi connectivity index (χ0v) is 13.6. The molecule has 1 N–H and O–H groups in total. The van der Waals surface area contributed by atoms with E-state index in [4.69, 9.17) is 0 Å². The summed E-state index contributed by atoms with van der Waals surface area (Å²) in [5.74, 6) is 1.05. The number of hydrogen-bond donors (Lipinski definition) is 1. The fourth-order valence-corrected chi connectivity index (χ4v) is 3.73. The van der Waals surface area contributed by atoms with E-state index in [0.29, 0.717) is 11.7 Å². The molecule has 1 aliphatic rings. The van der Waals surface area contributed by atoms with Gasteiger partial charge in [0.25, 0.3) is 0 Å². The standard InChI is InChI=1S/C17H16BrN3O/c18-12-9-19-17(20-10-12)16-15(11-5-1-2-6-11)13-7-3-4-8-14(13)21(16)22/h3-4,7-11,22H,1-2,5-6H2. The second-order valence-electron chi connectivity index (χ2n) is 5.80. The average Bonchev–Trinajstić information content (AvgIpc) is 3.15. The summed E-state index contributed by atoms with van der Waals surface area (Å²) in [7, 11) is 0. The first-order chi connectivity index (χ1) is 10.8. The summed E-state index contributed by atoms with van der Waals surface area (Å²) in [6.07, 6.45) is 8.26. The van der Waals surface area contributed by atoms with Crippen LogP contribution in [0.5, 0.6) is 0 Å². The van der Waals surface area contributed by atoms with Crippen LogP contribution in [0.4, 0.5) is 0 Å². The van der Waals surface area contributed by atoms with Gasteiger partial charge in [-0.25, -0.2) is 9.97 Å². The lowest BCUT2D eigenvalue weighted by Crippen LogP contribution is -2.01. The van der Waals surface area contributed by atoms with E-state index < -0.39 is 0 Å². The molecule has 5 heteroatoms. The number of rotatable bonds is 2. The molecule has 3 aromatic rings. The highest BCUT2D eigenvalue weighted by Gasteiger charge is 2.28. The lowest BCUT2D eigenvalue weighted by Gasteiger charge is -2.11. The molecule has 0 unspecified atom stereocenters. The van der Waals surface area contributed by atoms with Crippen molar-refractivity contribution in [2.24, 2.45) is 0 Å². The summed E-state index contributed by atoms with van der Waals surface area (Å²) >= 11 is 3.36. The fraction of sp³-hybridized carbons (Fsp3) is 0.294. The molecule has 0 aliphatic heterocycles. The Morgan fingerprint density at radius 2 is 1.77 bits per heavy atom. The molecule has 0 atom stereocenters. The van der Waals surface area contributed by atoms with Crippen molar-refractivity contribution in [3.05, 3.63) is 46.7 Å². The van der Waals surface area contributed by atoms with Gasteiger partial charge in [-0.2, -0.15) is 4.73 Å². The molecular formula is C17H16BrN3O. The van der Waals surface area contributed by atoms with E-state index in [0.717, 1.165) is 33.9 Å². The average molecular weight is 358 g/mol. The Morgan fingerprint density at radius 3 is 2.50 bits per heavy atom. The van der Waals surface area contributed by atoms with Crippen molar-refractivity contribution in [1.82, 2.24) is 14.7 Å². The molecule has 0 spiro atoms. The van der Waals surface area contributed by atoms with E-state index >= 15 is 0 Å². The van der Waals surface area contributed by atoms with Crippen LogP contribution in [0.3, 0.4) is 0 Å². The monoisotopic (exact) mass is 357 g/mol. The van der Waals surface area contributed by atoms with Gasteiger partial charge in [-0.15, -0.1) is 0 Å². The molecule has 22 heavy (non-hydrogen) atoms. The number of hydrogen-bond acceptors (Lipinski definition) is 3. The number of halogens is 1. The molecular weight excluding hydrogens is 342 g/mol. The third kappa shape index (κ3) is 2.11. The predicted octanol–water partition coefficient (Wildman–Crippen LogP) is 4.76. The molecule has 0 bridgehead atoms. The zero-order chi connectivity index (χ0) is 15.1. The van der Waals surface area contributed by atoms with E-state index in [9.17, 15) is 5.21 Å². The van der Waals surface area contributed by atoms with Crippen LogP contribution < -0.4 is 0 Å². The van der Waals surface area contributed by atoms with E-state index in [1.807, 2.05) is 18.2 Å². The summed E-state index contributed by atoms with van der Waals surface area (Å²) in [6.45, 7) is 0. The van der Waals surface area contributed by atoms with Crippen molar-refractivity contribution >= 4 is 26.8 Å². The quantitative estimate of drug-likeness (QED) is 0.673. The van der Waals surface area contributed by atoms with Crippen molar-refractivity contribution in [1.29, 1.82) is 0 Å². The molecule has 0 saturated heterocycles. The third-order valence-corrected chi connectivity index (χ3v) is 4.89. The van der Waals surface area contributed by atoms with Gasteiger partial charge in [-0.05, 0) is 46.3 Å². The Bertz CT molecular complexity index is 820. The first-order valence-corrected chi connectivity index (χ1v) is 8.35. The van der Waals surface area contributed by atoms with E-state index in [1.165, 1.54) is 23.1 Å². The van der Waals surface area contributed by atoms with Gasteiger partial charge in [-0.3, -0.25) is 0 Å². The van der Waals surface area contributed by atoms with Gasteiger partial charge in [0.05, 0.1) is 9.99 Å². The minimum Gasteiger partial charge on any atom is -0.428 e. The normalized spacial score (nSPS) is 15.7. The first kappa shape index (κ1) is 13.8. The number of fused-ring (bicyclic) bond motifs is 1. The Hall–Kier alpha value is -1.88. The molecule has 1 aromatic carbocycles. The van der Waals surface area contributed by atoms with Gasteiger partial charge in [-0.1, -0.05) is 31.0 Å². The highest BCUT2D eigenvalue weighted by atomic mass is 79.9. The van der Waals surface area contributed by atoms with E-state index in [-0.39, 0.29) is 0 Å². The number of benzene rings is 1. The Labute approximate surface area is 136 Å². The van der Waals surface area contributed by atoms with Gasteiger partial charge >= 0.3 is 0 Å². The van der Waals surface area contributed by atoms with Gasteiger partial charge < -0.3 is 5.21 Å². The van der Waals surface area contributed by atoms with Gasteiger partial charge in [0.2, 0.25) is 0 Å². The Kier molecular flexibility index (Phi) is 3.37. The predicted molar refractivity (Wildman–Crippen MR) is 89.1 cm³/mol. The van der Waals surface area contributed by atoms with Crippen LogP contribution in [-0.2, 0) is 0 Å². The van der Waals surface area contributed by atoms with Crippen LogP contribution in [0, 0.1) is 0 Å². The van der Waals surface area contributed by atoms with E-state index in [2.05, 4.69) is 32.0 Å². The highest BCUT2D eigenvalue weighted by Crippen LogP contribution is 2.43. The smallest absolute Gasteiger partial charge is 0.179 e. The molecule has 112 valence electrons. The molecule has 2 heterocycles. The zero-order valence-electron chi connectivity index (χ0n) is 12.0. The number of aromatic nitrogens is 3. The van der Waals surface area contributed by atoms with Crippen LogP contribution in [-0.4, -0.2) is 19.9 Å². The Morgan fingerprint density at radius 1 is 1.09 bits per heavy atom. The van der Waals surface area contributed by atoms with Crippen LogP contribution in [0.2, 0.25) is 0 Å². The van der Waals surface area contributed by atoms with E-state index in [1.54, 1.807) is 12.4 Å². The van der Waals surface area contributed by atoms with Crippen molar-refractivity contribution in [2.45, 2.75) is 31.6 Å². The topological polar surface area (TPSA) is 50.9 Å². The van der Waals surface area contributed by atoms with Crippen molar-refractivity contribution in [3.63, 3.8) is 0 Å². The largest absolute Gasteiger partial charge is 0.428 e. The summed E-state index contributed by atoms with van der Waals surface area (Å²) in [5, 5.41) is 11.8. The molecule has 2 aromatic heterocycles. The maximum Gasteiger partial charge on any atom is 0.179 e. The highest BCUT2D eigenvalue weighted by molar-refractivity contribution is 9.10. The fourth-order valence-electron chi connectivity index (χ4n) is 3.53. The first-order valence-electron chi connectivity index (χ1n) is 7.56. The number of para-hydroxylation sites is 1. The van der Waals surface area contributed by atoms with Gasteiger partial charge in [0.1, 0.15) is 5.69 Å². The minimum absolute atomic E-state index is 0.473. The Balaban J connectivity index is 2.01. The second kappa shape index (κ2) is 5.39. The summed E-state index contributed by atoms with van der Waals surface area (Å²) < 4.78 is 2.09. The summed E-state index contributed by atoms with van der Waals surface area (Å²) in [5.41, 5.74) is 2.75. The SMILES string of the molecule is On1c(-c2ncc(Br)cn2)c(C2CCCC2)c2ccccc21. The van der Waals surface area contributed by atoms with Crippen molar-refractivity contribution < 1.29 is 5.21 Å². The van der Waals surface area contributed by atoms with Gasteiger partial charge in [0.15, 0.2) is 5.82 Å². The molecule has 1 saturated carbocycles. The maximum absolute atomic E-state index is 10.7. The van der Waals surface area contributed by atoms with Crippen LogP contribution in [0.1, 0.15) is 37.2 Å². The molecule has 1 aliphatic carbocycles. The number of nitrogens with zero attached hydrogens (tertiary/aromatic N) is 3. The molecule has 0 radical (unpaired) electrons. The third-order valence-electron chi connectivity index (χ3n) is 4.48. The second-order valence-corrected chi connectivity index (χ2v) is 6.71. The van der Waals surface area contributed by atoms with Crippen LogP contribution in [0.25, 0.3) is 22.4 Å². The van der Waals surface area contributed by atoms with Crippen molar-refractivity contribution in [3.8, 4) is 11.5 Å². The lowest BCUT2D eigenvalue weighted by molar-refractivity contribution is 0.203. The molecule has 4 rings (SSSR count). The molecule has 4 nitrogen and oxygen atoms in total. The summed E-state index contributed by atoms with van der Waals surface area (Å²) in [6, 6.07) is 7.99. The summed E-state index contributed by atoms with van der Waals surface area (Å²) in [4.78, 5) is 8.80. The van der Waals surface area contributed by atoms with Gasteiger partial charge in [0, 0.05) is 17.8 Å². The van der Waals surface area contributed by atoms with Crippen LogP contribution in [0.15, 0.2) is 41.1 Å². The maximum atomic E-state index is 10.7.